The molecule has 0 saturated carbocycles. The van der Waals surface area contributed by atoms with Crippen molar-refractivity contribution in [1.82, 2.24) is 24.9 Å². The summed E-state index contributed by atoms with van der Waals surface area (Å²) in [5.74, 6) is -0.872. The van der Waals surface area contributed by atoms with E-state index in [0.717, 1.165) is 12.1 Å². The number of hydrogen-bond donors (Lipinski definition) is 0. The summed E-state index contributed by atoms with van der Waals surface area (Å²) >= 11 is 5.91. The van der Waals surface area contributed by atoms with Crippen LogP contribution in [0, 0.1) is 5.82 Å². The van der Waals surface area contributed by atoms with E-state index in [1.54, 1.807) is 6.92 Å². The minimum absolute atomic E-state index is 0.0250. The van der Waals surface area contributed by atoms with Gasteiger partial charge in [-0.05, 0) is 25.1 Å². The van der Waals surface area contributed by atoms with E-state index in [9.17, 15) is 22.4 Å². The average molecular weight is 440 g/mol. The van der Waals surface area contributed by atoms with E-state index in [1.807, 2.05) is 0 Å². The molecule has 1 aromatic carbocycles. The van der Waals surface area contributed by atoms with Crippen molar-refractivity contribution in [2.75, 3.05) is 0 Å². The highest BCUT2D eigenvalue weighted by molar-refractivity contribution is 6.34. The second-order valence-electron chi connectivity index (χ2n) is 6.88. The molecule has 3 aromatic rings. The molecule has 0 bridgehead atoms. The van der Waals surface area contributed by atoms with Gasteiger partial charge in [0, 0.05) is 24.7 Å². The molecule has 1 atom stereocenters. The summed E-state index contributed by atoms with van der Waals surface area (Å²) < 4.78 is 54.3. The molecular formula is C19H14ClF4N5O. The molecule has 0 unspecified atom stereocenters. The zero-order valence-corrected chi connectivity index (χ0v) is 16.2. The van der Waals surface area contributed by atoms with Crippen LogP contribution < -0.4 is 0 Å². The lowest BCUT2D eigenvalue weighted by Crippen LogP contribution is -2.43. The molecule has 3 heterocycles. The molecule has 0 fully saturated rings. The molecular weight excluding hydrogens is 426 g/mol. The highest BCUT2D eigenvalue weighted by Gasteiger charge is 2.37. The largest absolute Gasteiger partial charge is 0.417 e. The number of rotatable bonds is 2. The van der Waals surface area contributed by atoms with Gasteiger partial charge in [0.25, 0.3) is 5.91 Å². The SMILES string of the molecule is C[C@H]1Cc2c(nnn2-c2cc(F)ccn2)CN1C(=O)c1cccc(C(F)(F)F)c1Cl. The molecule has 156 valence electrons. The lowest BCUT2D eigenvalue weighted by atomic mass is 10.0. The van der Waals surface area contributed by atoms with Crippen molar-refractivity contribution in [2.45, 2.75) is 32.1 Å². The predicted octanol–water partition coefficient (Wildman–Crippen LogP) is 4.06. The summed E-state index contributed by atoms with van der Waals surface area (Å²) in [5.41, 5.74) is -0.195. The second-order valence-corrected chi connectivity index (χ2v) is 7.26. The first-order chi connectivity index (χ1) is 14.2. The van der Waals surface area contributed by atoms with Crippen LogP contribution in [0.15, 0.2) is 36.5 Å². The van der Waals surface area contributed by atoms with Crippen LogP contribution in [0.4, 0.5) is 17.6 Å². The molecule has 11 heteroatoms. The molecule has 1 aliphatic rings. The third-order valence-electron chi connectivity index (χ3n) is 4.90. The van der Waals surface area contributed by atoms with E-state index in [1.165, 1.54) is 34.0 Å². The first kappa shape index (κ1) is 20.3. The molecule has 0 aliphatic carbocycles. The topological polar surface area (TPSA) is 63.9 Å². The normalized spacial score (nSPS) is 16.5. The Morgan fingerprint density at radius 2 is 2.03 bits per heavy atom. The van der Waals surface area contributed by atoms with Crippen LogP contribution in [0.2, 0.25) is 5.02 Å². The fraction of sp³-hybridized carbons (Fsp3) is 0.263. The molecule has 4 rings (SSSR count). The van der Waals surface area contributed by atoms with Crippen molar-refractivity contribution in [3.63, 3.8) is 0 Å². The van der Waals surface area contributed by atoms with Gasteiger partial charge in [0.05, 0.1) is 28.4 Å². The third kappa shape index (κ3) is 3.51. The molecule has 0 radical (unpaired) electrons. The number of amides is 1. The fourth-order valence-corrected chi connectivity index (χ4v) is 3.72. The third-order valence-corrected chi connectivity index (χ3v) is 5.31. The van der Waals surface area contributed by atoms with Crippen LogP contribution in [-0.4, -0.2) is 36.8 Å². The van der Waals surface area contributed by atoms with Crippen LogP contribution in [0.25, 0.3) is 5.82 Å². The number of carbonyl (C=O) groups is 1. The number of pyridine rings is 1. The Bertz CT molecular complexity index is 1130. The first-order valence-electron chi connectivity index (χ1n) is 8.89. The number of carbonyl (C=O) groups excluding carboxylic acids is 1. The molecule has 0 saturated heterocycles. The Kier molecular flexibility index (Phi) is 4.97. The van der Waals surface area contributed by atoms with E-state index >= 15 is 0 Å². The van der Waals surface area contributed by atoms with Crippen LogP contribution in [0.3, 0.4) is 0 Å². The van der Waals surface area contributed by atoms with Crippen molar-refractivity contribution in [3.8, 4) is 5.82 Å². The standard InChI is InChI=1S/C19H14ClF4N5O/c1-10-7-15-14(26-27-29(15)16-8-11(21)5-6-25-16)9-28(10)18(30)12-3-2-4-13(17(12)20)19(22,23)24/h2-6,8,10H,7,9H2,1H3/t10-/m0/s1. The minimum atomic E-state index is -4.67. The number of aromatic nitrogens is 4. The van der Waals surface area contributed by atoms with Gasteiger partial charge in [-0.25, -0.2) is 9.37 Å². The number of halogens is 5. The summed E-state index contributed by atoms with van der Waals surface area (Å²) in [4.78, 5) is 18.5. The van der Waals surface area contributed by atoms with Crippen LogP contribution in [-0.2, 0) is 19.1 Å². The second kappa shape index (κ2) is 7.35. The number of nitrogens with zero attached hydrogens (tertiary/aromatic N) is 5. The van der Waals surface area contributed by atoms with Crippen molar-refractivity contribution < 1.29 is 22.4 Å². The maximum absolute atomic E-state index is 13.5. The predicted molar refractivity (Wildman–Crippen MR) is 98.6 cm³/mol. The Balaban J connectivity index is 1.66. The van der Waals surface area contributed by atoms with Gasteiger partial charge in [-0.3, -0.25) is 4.79 Å². The Labute approximate surface area is 173 Å². The molecule has 2 aromatic heterocycles. The van der Waals surface area contributed by atoms with Crippen LogP contribution in [0.5, 0.6) is 0 Å². The molecule has 6 nitrogen and oxygen atoms in total. The van der Waals surface area contributed by atoms with Crippen LogP contribution in [0.1, 0.15) is 34.2 Å². The van der Waals surface area contributed by atoms with Crippen molar-refractivity contribution in [2.24, 2.45) is 0 Å². The summed E-state index contributed by atoms with van der Waals surface area (Å²) in [5, 5.41) is 7.41. The highest BCUT2D eigenvalue weighted by atomic mass is 35.5. The molecule has 0 N–H and O–H groups in total. The average Bonchev–Trinajstić information content (AvgIpc) is 3.08. The van der Waals surface area contributed by atoms with E-state index in [2.05, 4.69) is 15.3 Å². The zero-order chi connectivity index (χ0) is 21.6. The molecule has 1 aliphatic heterocycles. The van der Waals surface area contributed by atoms with Gasteiger partial charge in [-0.2, -0.15) is 17.9 Å². The van der Waals surface area contributed by atoms with Gasteiger partial charge in [-0.1, -0.05) is 22.9 Å². The fourth-order valence-electron chi connectivity index (χ4n) is 3.40. The molecule has 0 spiro atoms. The number of alkyl halides is 3. The van der Waals surface area contributed by atoms with Crippen molar-refractivity contribution >= 4 is 17.5 Å². The number of benzene rings is 1. The highest BCUT2D eigenvalue weighted by Crippen LogP contribution is 2.37. The maximum atomic E-state index is 13.5. The summed E-state index contributed by atoms with van der Waals surface area (Å²) in [7, 11) is 0. The zero-order valence-electron chi connectivity index (χ0n) is 15.5. The lowest BCUT2D eigenvalue weighted by Gasteiger charge is -2.33. The minimum Gasteiger partial charge on any atom is -0.329 e. The quantitative estimate of drug-likeness (QED) is 0.565. The van der Waals surface area contributed by atoms with E-state index in [4.69, 9.17) is 11.6 Å². The molecule has 1 amide bonds. The van der Waals surface area contributed by atoms with Crippen molar-refractivity contribution in [3.05, 3.63) is 69.9 Å². The van der Waals surface area contributed by atoms with Gasteiger partial charge in [0.1, 0.15) is 11.5 Å². The lowest BCUT2D eigenvalue weighted by molar-refractivity contribution is -0.137. The monoisotopic (exact) mass is 439 g/mol. The summed E-state index contributed by atoms with van der Waals surface area (Å²) in [6.07, 6.45) is -3.06. The maximum Gasteiger partial charge on any atom is 0.417 e. The first-order valence-corrected chi connectivity index (χ1v) is 9.26. The summed E-state index contributed by atoms with van der Waals surface area (Å²) in [6, 6.07) is 5.26. The van der Waals surface area contributed by atoms with Gasteiger partial charge >= 0.3 is 6.18 Å². The van der Waals surface area contributed by atoms with Gasteiger partial charge in [0.2, 0.25) is 0 Å². The number of fused-ring (bicyclic) bond motifs is 1. The smallest absolute Gasteiger partial charge is 0.329 e. The van der Waals surface area contributed by atoms with E-state index in [0.29, 0.717) is 17.8 Å². The molecule has 30 heavy (non-hydrogen) atoms. The van der Waals surface area contributed by atoms with E-state index < -0.39 is 28.5 Å². The Morgan fingerprint density at radius 1 is 1.27 bits per heavy atom. The van der Waals surface area contributed by atoms with Gasteiger partial charge < -0.3 is 4.90 Å². The Morgan fingerprint density at radius 3 is 2.73 bits per heavy atom. The summed E-state index contributed by atoms with van der Waals surface area (Å²) in [6.45, 7) is 1.77. The Hall–Kier alpha value is -3.01. The van der Waals surface area contributed by atoms with Gasteiger partial charge in [-0.15, -0.1) is 5.10 Å². The van der Waals surface area contributed by atoms with Gasteiger partial charge in [0.15, 0.2) is 5.82 Å². The van der Waals surface area contributed by atoms with Crippen molar-refractivity contribution in [1.29, 1.82) is 0 Å². The number of hydrogen-bond acceptors (Lipinski definition) is 4. The van der Waals surface area contributed by atoms with E-state index in [-0.39, 0.29) is 24.0 Å². The van der Waals surface area contributed by atoms with Crippen LogP contribution >= 0.6 is 11.6 Å².